The summed E-state index contributed by atoms with van der Waals surface area (Å²) >= 11 is 0. The lowest BCUT2D eigenvalue weighted by Crippen LogP contribution is -3.10. The zero-order chi connectivity index (χ0) is 26.3. The Balaban J connectivity index is 0.000000301. The predicted octanol–water partition coefficient (Wildman–Crippen LogP) is 2.67. The molecule has 1 unspecified atom stereocenters. The summed E-state index contributed by atoms with van der Waals surface area (Å²) in [7, 11) is 2.20. The van der Waals surface area contributed by atoms with Gasteiger partial charge < -0.3 is 4.90 Å². The van der Waals surface area contributed by atoms with Crippen LogP contribution in [-0.2, 0) is 0 Å². The van der Waals surface area contributed by atoms with Crippen molar-refractivity contribution in [2.45, 2.75) is 13.3 Å². The van der Waals surface area contributed by atoms with Crippen LogP contribution in [0.25, 0.3) is 0 Å². The molecule has 5 rings (SSSR count). The molecule has 1 N–H and O–H groups in total. The van der Waals surface area contributed by atoms with Gasteiger partial charge in [-0.25, -0.2) is 13.2 Å². The van der Waals surface area contributed by atoms with E-state index in [1.54, 1.807) is 4.90 Å². The summed E-state index contributed by atoms with van der Waals surface area (Å²) in [6, 6.07) is 31.0. The highest BCUT2D eigenvalue weighted by Gasteiger charge is 2.32. The highest BCUT2D eigenvalue weighted by molar-refractivity contribution is 7.19. The van der Waals surface area contributed by atoms with Crippen molar-refractivity contribution < 1.29 is 18.1 Å². The lowest BCUT2D eigenvalue weighted by Gasteiger charge is -2.44. The van der Waals surface area contributed by atoms with Crippen LogP contribution in [0.4, 0.5) is 13.2 Å². The predicted molar refractivity (Wildman–Crippen MR) is 148 cm³/mol. The zero-order valence-corrected chi connectivity index (χ0v) is 21.5. The molecule has 0 amide bonds. The smallest absolute Gasteiger partial charge is 0.194 e. The summed E-state index contributed by atoms with van der Waals surface area (Å²) in [5, 5.41) is 0. The first kappa shape index (κ1) is 26.7. The molecule has 1 fully saturated rings. The van der Waals surface area contributed by atoms with Crippen LogP contribution in [0.2, 0.25) is 0 Å². The Hall–Kier alpha value is -3.35. The first-order valence-corrected chi connectivity index (χ1v) is 13.0. The van der Waals surface area contributed by atoms with E-state index in [0.717, 1.165) is 28.5 Å². The van der Waals surface area contributed by atoms with Crippen molar-refractivity contribution in [2.75, 3.05) is 33.4 Å². The molecule has 1 saturated heterocycles. The maximum atomic E-state index is 14.3. The van der Waals surface area contributed by atoms with Gasteiger partial charge in [0.05, 0.1) is 19.6 Å². The minimum Gasteiger partial charge on any atom is -0.321 e. The SMILES string of the molecule is CCC[NH+]1CCN(C)C1.Fc1cc([B-](c2ccccc2)(c2ccccc2)c2ccccc2)cc(F)c1F. The number of quaternary nitrogens is 1. The van der Waals surface area contributed by atoms with E-state index < -0.39 is 23.6 Å². The molecule has 4 aromatic carbocycles. The van der Waals surface area contributed by atoms with Crippen molar-refractivity contribution in [1.29, 1.82) is 0 Å². The molecule has 0 bridgehead atoms. The molecule has 0 aromatic heterocycles. The summed E-state index contributed by atoms with van der Waals surface area (Å²) in [6.07, 6.45) is -0.592. The van der Waals surface area contributed by atoms with Gasteiger partial charge in [-0.05, 0) is 13.5 Å². The Morgan fingerprint density at radius 2 is 1.14 bits per heavy atom. The Kier molecular flexibility index (Phi) is 8.85. The summed E-state index contributed by atoms with van der Waals surface area (Å²) in [4.78, 5) is 4.14. The molecule has 0 radical (unpaired) electrons. The summed E-state index contributed by atoms with van der Waals surface area (Å²) in [5.41, 5.74) is 3.07. The van der Waals surface area contributed by atoms with E-state index >= 15 is 0 Å². The van der Waals surface area contributed by atoms with Gasteiger partial charge in [-0.15, -0.1) is 0 Å². The minimum absolute atomic E-state index is 0.389. The van der Waals surface area contributed by atoms with Crippen molar-refractivity contribution in [3.63, 3.8) is 0 Å². The Morgan fingerprint density at radius 3 is 1.49 bits per heavy atom. The molecule has 4 aromatic rings. The maximum absolute atomic E-state index is 14.3. The number of nitrogens with zero attached hydrogens (tertiary/aromatic N) is 1. The molecule has 0 saturated carbocycles. The van der Waals surface area contributed by atoms with Gasteiger partial charge in [-0.3, -0.25) is 4.90 Å². The van der Waals surface area contributed by atoms with Gasteiger partial charge in [-0.2, -0.15) is 21.9 Å². The Labute approximate surface area is 218 Å². The lowest BCUT2D eigenvalue weighted by atomic mass is 9.13. The summed E-state index contributed by atoms with van der Waals surface area (Å²) in [6.45, 7) is 7.50. The molecule has 1 atom stereocenters. The molecule has 6 heteroatoms. The van der Waals surface area contributed by atoms with Gasteiger partial charge in [0.15, 0.2) is 17.5 Å². The highest BCUT2D eigenvalue weighted by Crippen LogP contribution is 2.14. The van der Waals surface area contributed by atoms with Gasteiger partial charge in [-0.1, -0.05) is 110 Å². The quantitative estimate of drug-likeness (QED) is 0.315. The third-order valence-corrected chi connectivity index (χ3v) is 7.35. The van der Waals surface area contributed by atoms with Gasteiger partial charge in [0.2, 0.25) is 0 Å². The molecule has 1 aliphatic heterocycles. The average Bonchev–Trinajstić information content (AvgIpc) is 3.35. The molecule has 1 heterocycles. The monoisotopic (exact) mass is 502 g/mol. The standard InChI is InChI=1S/C24H17BF3.C7H16N2/c26-22-16-21(17-23(27)24(22)28)25(18-10-4-1-5-11-18,19-12-6-2-7-13-19)20-14-8-3-9-15-20;1-3-4-9-6-5-8(2)7-9/h1-17H;3-7H2,1-2H3/q-1;/p+1. The average molecular weight is 502 g/mol. The number of likely N-dealkylation sites (N-methyl/N-ethyl adjacent to an activating group) is 1. The van der Waals surface area contributed by atoms with Crippen molar-refractivity contribution in [2.24, 2.45) is 0 Å². The maximum Gasteiger partial charge on any atom is 0.194 e. The number of hydrogen-bond acceptors (Lipinski definition) is 1. The van der Waals surface area contributed by atoms with Crippen molar-refractivity contribution in [1.82, 2.24) is 4.90 Å². The van der Waals surface area contributed by atoms with E-state index in [9.17, 15) is 13.2 Å². The van der Waals surface area contributed by atoms with E-state index in [2.05, 4.69) is 18.9 Å². The fraction of sp³-hybridized carbons (Fsp3) is 0.226. The molecule has 0 aliphatic carbocycles. The molecular weight excluding hydrogens is 468 g/mol. The van der Waals surface area contributed by atoms with E-state index in [4.69, 9.17) is 0 Å². The number of benzene rings is 4. The van der Waals surface area contributed by atoms with E-state index in [1.165, 1.54) is 32.7 Å². The Bertz CT molecular complexity index is 1150. The zero-order valence-electron chi connectivity index (χ0n) is 21.5. The van der Waals surface area contributed by atoms with Gasteiger partial charge in [0, 0.05) is 0 Å². The lowest BCUT2D eigenvalue weighted by molar-refractivity contribution is -0.891. The first-order chi connectivity index (χ1) is 18.0. The summed E-state index contributed by atoms with van der Waals surface area (Å²) in [5.74, 6) is -3.84. The van der Waals surface area contributed by atoms with Crippen LogP contribution in [0.5, 0.6) is 0 Å². The third kappa shape index (κ3) is 5.81. The normalized spacial score (nSPS) is 15.8. The van der Waals surface area contributed by atoms with Crippen LogP contribution >= 0.6 is 0 Å². The fourth-order valence-corrected chi connectivity index (χ4v) is 5.65. The van der Waals surface area contributed by atoms with Crippen LogP contribution in [0.15, 0.2) is 103 Å². The van der Waals surface area contributed by atoms with E-state index in [-0.39, 0.29) is 0 Å². The van der Waals surface area contributed by atoms with Gasteiger partial charge >= 0.3 is 0 Å². The molecule has 37 heavy (non-hydrogen) atoms. The number of hydrogen-bond donors (Lipinski definition) is 1. The second-order valence-electron chi connectivity index (χ2n) is 9.88. The minimum atomic E-state index is -1.92. The highest BCUT2D eigenvalue weighted by atomic mass is 19.2. The largest absolute Gasteiger partial charge is 0.321 e. The Morgan fingerprint density at radius 1 is 0.703 bits per heavy atom. The van der Waals surface area contributed by atoms with Gasteiger partial charge in [0.25, 0.3) is 0 Å². The second kappa shape index (κ2) is 12.3. The van der Waals surface area contributed by atoms with Crippen molar-refractivity contribution in [3.05, 3.63) is 121 Å². The molecular formula is C31H34BF3N2. The number of nitrogens with one attached hydrogen (secondary N) is 1. The van der Waals surface area contributed by atoms with Crippen molar-refractivity contribution >= 4 is 28.0 Å². The molecule has 2 nitrogen and oxygen atoms in total. The van der Waals surface area contributed by atoms with Crippen molar-refractivity contribution in [3.8, 4) is 0 Å². The van der Waals surface area contributed by atoms with Gasteiger partial charge in [0.1, 0.15) is 12.8 Å². The van der Waals surface area contributed by atoms with Crippen LogP contribution < -0.4 is 26.8 Å². The number of halogens is 3. The van der Waals surface area contributed by atoms with Crippen LogP contribution in [0, 0.1) is 17.5 Å². The molecule has 192 valence electrons. The first-order valence-electron chi connectivity index (χ1n) is 13.0. The van der Waals surface area contributed by atoms with Crippen LogP contribution in [0.1, 0.15) is 13.3 Å². The van der Waals surface area contributed by atoms with E-state index in [0.29, 0.717) is 5.46 Å². The fourth-order valence-electron chi connectivity index (χ4n) is 5.65. The topological polar surface area (TPSA) is 7.68 Å². The third-order valence-electron chi connectivity index (χ3n) is 7.35. The van der Waals surface area contributed by atoms with Crippen LogP contribution in [-0.4, -0.2) is 44.4 Å². The second-order valence-corrected chi connectivity index (χ2v) is 9.88. The molecule has 0 spiro atoms. The number of rotatable bonds is 6. The summed E-state index contributed by atoms with van der Waals surface area (Å²) < 4.78 is 42.4. The van der Waals surface area contributed by atoms with E-state index in [1.807, 2.05) is 91.0 Å². The van der Waals surface area contributed by atoms with Crippen LogP contribution in [0.3, 0.4) is 0 Å². The molecule has 1 aliphatic rings.